The quantitative estimate of drug-likeness (QED) is 0.850. The van der Waals surface area contributed by atoms with Gasteiger partial charge < -0.3 is 19.1 Å². The number of nitrogens with zero attached hydrogens (tertiary/aromatic N) is 3. The van der Waals surface area contributed by atoms with Gasteiger partial charge in [-0.3, -0.25) is 4.79 Å². The second kappa shape index (κ2) is 6.74. The van der Waals surface area contributed by atoms with Gasteiger partial charge in [-0.05, 0) is 29.7 Å². The summed E-state index contributed by atoms with van der Waals surface area (Å²) in [6.07, 6.45) is 2.08. The molecule has 7 nitrogen and oxygen atoms in total. The topological polar surface area (TPSA) is 73.8 Å². The number of ether oxygens (including phenoxy) is 3. The first-order valence-corrected chi connectivity index (χ1v) is 7.55. The van der Waals surface area contributed by atoms with E-state index in [1.807, 2.05) is 12.1 Å². The number of carbonyl (C=O) groups excluding carboxylic acids is 1. The summed E-state index contributed by atoms with van der Waals surface area (Å²) in [7, 11) is 4.72. The first-order chi connectivity index (χ1) is 11.7. The van der Waals surface area contributed by atoms with Crippen molar-refractivity contribution in [2.75, 3.05) is 27.9 Å². The lowest BCUT2D eigenvalue weighted by atomic mass is 9.98. The Morgan fingerprint density at radius 2 is 1.71 bits per heavy atom. The fourth-order valence-corrected chi connectivity index (χ4v) is 2.79. The molecule has 1 aliphatic rings. The zero-order chi connectivity index (χ0) is 17.1. The average Bonchev–Trinajstić information content (AvgIpc) is 2.65. The SMILES string of the molecule is COc1cc(C(=O)N2CCc3cc(OC)c(OC)cc3C2)ncn1. The molecule has 3 rings (SSSR count). The van der Waals surface area contributed by atoms with Crippen LogP contribution in [0.3, 0.4) is 0 Å². The Morgan fingerprint density at radius 3 is 2.38 bits per heavy atom. The molecule has 7 heteroatoms. The number of methoxy groups -OCH3 is 3. The third-order valence-corrected chi connectivity index (χ3v) is 4.08. The Balaban J connectivity index is 1.85. The van der Waals surface area contributed by atoms with Crippen LogP contribution in [-0.2, 0) is 13.0 Å². The highest BCUT2D eigenvalue weighted by atomic mass is 16.5. The Kier molecular flexibility index (Phi) is 4.50. The monoisotopic (exact) mass is 329 g/mol. The summed E-state index contributed by atoms with van der Waals surface area (Å²) in [5.41, 5.74) is 2.54. The van der Waals surface area contributed by atoms with Crippen molar-refractivity contribution in [2.24, 2.45) is 0 Å². The molecule has 0 saturated heterocycles. The van der Waals surface area contributed by atoms with E-state index in [1.54, 1.807) is 25.2 Å². The second-order valence-electron chi connectivity index (χ2n) is 5.40. The molecule has 1 amide bonds. The summed E-state index contributed by atoms with van der Waals surface area (Å²) in [6.45, 7) is 1.12. The van der Waals surface area contributed by atoms with Crippen LogP contribution in [0.4, 0.5) is 0 Å². The number of carbonyl (C=O) groups is 1. The third-order valence-electron chi connectivity index (χ3n) is 4.08. The van der Waals surface area contributed by atoms with Gasteiger partial charge in [0.05, 0.1) is 21.3 Å². The van der Waals surface area contributed by atoms with Gasteiger partial charge in [0.1, 0.15) is 12.0 Å². The van der Waals surface area contributed by atoms with E-state index in [1.165, 1.54) is 13.4 Å². The summed E-state index contributed by atoms with van der Waals surface area (Å²) in [6, 6.07) is 5.45. The average molecular weight is 329 g/mol. The molecular formula is C17H19N3O4. The highest BCUT2D eigenvalue weighted by molar-refractivity contribution is 5.92. The van der Waals surface area contributed by atoms with E-state index in [4.69, 9.17) is 14.2 Å². The minimum Gasteiger partial charge on any atom is -0.493 e. The highest BCUT2D eigenvalue weighted by Crippen LogP contribution is 2.33. The molecule has 0 atom stereocenters. The van der Waals surface area contributed by atoms with Gasteiger partial charge >= 0.3 is 0 Å². The lowest BCUT2D eigenvalue weighted by Crippen LogP contribution is -2.36. The first-order valence-electron chi connectivity index (χ1n) is 7.55. The lowest BCUT2D eigenvalue weighted by Gasteiger charge is -2.29. The number of benzene rings is 1. The summed E-state index contributed by atoms with van der Waals surface area (Å²) in [4.78, 5) is 22.4. The maximum absolute atomic E-state index is 12.7. The molecule has 2 heterocycles. The molecule has 2 aromatic rings. The van der Waals surface area contributed by atoms with Crippen molar-refractivity contribution in [3.8, 4) is 17.4 Å². The Morgan fingerprint density at radius 1 is 1.00 bits per heavy atom. The van der Waals surface area contributed by atoms with Crippen LogP contribution < -0.4 is 14.2 Å². The molecule has 0 aliphatic carbocycles. The molecule has 0 saturated carbocycles. The van der Waals surface area contributed by atoms with Gasteiger partial charge in [-0.25, -0.2) is 9.97 Å². The van der Waals surface area contributed by atoms with E-state index in [9.17, 15) is 4.79 Å². The number of amides is 1. The number of fused-ring (bicyclic) bond motifs is 1. The van der Waals surface area contributed by atoms with Gasteiger partial charge in [-0.1, -0.05) is 0 Å². The van der Waals surface area contributed by atoms with Crippen molar-refractivity contribution >= 4 is 5.91 Å². The lowest BCUT2D eigenvalue weighted by molar-refractivity contribution is 0.0727. The normalized spacial score (nSPS) is 13.2. The molecule has 0 radical (unpaired) electrons. The van der Waals surface area contributed by atoms with Gasteiger partial charge in [0, 0.05) is 19.2 Å². The van der Waals surface area contributed by atoms with Crippen molar-refractivity contribution in [2.45, 2.75) is 13.0 Å². The number of rotatable bonds is 4. The molecule has 0 fully saturated rings. The van der Waals surface area contributed by atoms with Crippen molar-refractivity contribution < 1.29 is 19.0 Å². The van der Waals surface area contributed by atoms with Crippen LogP contribution in [0.2, 0.25) is 0 Å². The number of aromatic nitrogens is 2. The maximum Gasteiger partial charge on any atom is 0.273 e. The standard InChI is InChI=1S/C17H19N3O4/c1-22-14-6-11-4-5-20(9-12(11)7-15(14)23-2)17(21)13-8-16(24-3)19-10-18-13/h6-8,10H,4-5,9H2,1-3H3. The Labute approximate surface area is 140 Å². The summed E-state index contributed by atoms with van der Waals surface area (Å²) in [5, 5.41) is 0. The minimum absolute atomic E-state index is 0.142. The van der Waals surface area contributed by atoms with Crippen LogP contribution in [-0.4, -0.2) is 48.6 Å². The van der Waals surface area contributed by atoms with Gasteiger partial charge in [0.25, 0.3) is 5.91 Å². The molecule has 126 valence electrons. The predicted molar refractivity (Wildman–Crippen MR) is 86.6 cm³/mol. The number of hydrogen-bond acceptors (Lipinski definition) is 6. The van der Waals surface area contributed by atoms with Gasteiger partial charge in [-0.2, -0.15) is 0 Å². The molecule has 0 unspecified atom stereocenters. The van der Waals surface area contributed by atoms with Gasteiger partial charge in [-0.15, -0.1) is 0 Å². The van der Waals surface area contributed by atoms with Crippen LogP contribution in [0.25, 0.3) is 0 Å². The molecule has 1 aromatic carbocycles. The van der Waals surface area contributed by atoms with Crippen molar-refractivity contribution in [3.63, 3.8) is 0 Å². The van der Waals surface area contributed by atoms with Crippen molar-refractivity contribution in [1.82, 2.24) is 14.9 Å². The van der Waals surface area contributed by atoms with Crippen LogP contribution in [0.5, 0.6) is 17.4 Å². The van der Waals surface area contributed by atoms with Crippen molar-refractivity contribution in [1.29, 1.82) is 0 Å². The van der Waals surface area contributed by atoms with E-state index < -0.39 is 0 Å². The Bertz CT molecular complexity index is 763. The molecule has 0 bridgehead atoms. The zero-order valence-corrected chi connectivity index (χ0v) is 13.9. The molecule has 0 N–H and O–H groups in total. The molecule has 24 heavy (non-hydrogen) atoms. The van der Waals surface area contributed by atoms with E-state index in [-0.39, 0.29) is 5.91 Å². The van der Waals surface area contributed by atoms with E-state index in [2.05, 4.69) is 9.97 Å². The minimum atomic E-state index is -0.142. The largest absolute Gasteiger partial charge is 0.493 e. The third kappa shape index (κ3) is 2.97. The van der Waals surface area contributed by atoms with E-state index >= 15 is 0 Å². The smallest absolute Gasteiger partial charge is 0.273 e. The van der Waals surface area contributed by atoms with Crippen LogP contribution in [0.1, 0.15) is 21.6 Å². The zero-order valence-electron chi connectivity index (χ0n) is 13.9. The van der Waals surface area contributed by atoms with Gasteiger partial charge in [0.2, 0.25) is 5.88 Å². The summed E-state index contributed by atoms with van der Waals surface area (Å²) >= 11 is 0. The summed E-state index contributed by atoms with van der Waals surface area (Å²) < 4.78 is 15.7. The first kappa shape index (κ1) is 16.0. The van der Waals surface area contributed by atoms with Crippen molar-refractivity contribution in [3.05, 3.63) is 41.3 Å². The van der Waals surface area contributed by atoms with Crippen LogP contribution in [0, 0.1) is 0 Å². The number of hydrogen-bond donors (Lipinski definition) is 0. The predicted octanol–water partition coefficient (Wildman–Crippen LogP) is 1.70. The highest BCUT2D eigenvalue weighted by Gasteiger charge is 2.24. The van der Waals surface area contributed by atoms with E-state index in [0.29, 0.717) is 36.2 Å². The fourth-order valence-electron chi connectivity index (χ4n) is 2.79. The molecule has 1 aliphatic heterocycles. The summed E-state index contributed by atoms with van der Waals surface area (Å²) in [5.74, 6) is 1.60. The Hall–Kier alpha value is -2.83. The molecular weight excluding hydrogens is 310 g/mol. The second-order valence-corrected chi connectivity index (χ2v) is 5.40. The molecule has 1 aromatic heterocycles. The van der Waals surface area contributed by atoms with Gasteiger partial charge in [0.15, 0.2) is 11.5 Å². The van der Waals surface area contributed by atoms with Crippen LogP contribution >= 0.6 is 0 Å². The van der Waals surface area contributed by atoms with E-state index in [0.717, 1.165) is 17.5 Å². The fraction of sp³-hybridized carbons (Fsp3) is 0.353. The molecule has 0 spiro atoms. The maximum atomic E-state index is 12.7. The van der Waals surface area contributed by atoms with Crippen LogP contribution in [0.15, 0.2) is 24.5 Å².